The molecular weight excluding hydrogens is 423 g/mol. The summed E-state index contributed by atoms with van der Waals surface area (Å²) in [5.41, 5.74) is 2.43. The lowest BCUT2D eigenvalue weighted by molar-refractivity contribution is 0.0921. The Morgan fingerprint density at radius 1 is 1.17 bits per heavy atom. The van der Waals surface area contributed by atoms with Gasteiger partial charge in [0.1, 0.15) is 0 Å². The minimum absolute atomic E-state index is 0. The standard InChI is InChI=1S/C21H30N6O.2ClH/c1-16-20(24-25-27(16)18-9-11-22-12-10-18)21(28)23-19(15-26-13-5-6-14-26)17-7-3-2-4-8-17;;/h2-4,7-8,18-19,22H,5-6,9-15H2,1H3,(H,23,28);2*1H. The summed E-state index contributed by atoms with van der Waals surface area (Å²) in [5, 5.41) is 15.1. The maximum atomic E-state index is 13.1. The van der Waals surface area contributed by atoms with Gasteiger partial charge in [-0.05, 0) is 64.3 Å². The van der Waals surface area contributed by atoms with Crippen molar-refractivity contribution in [3.05, 3.63) is 47.3 Å². The zero-order chi connectivity index (χ0) is 19.3. The van der Waals surface area contributed by atoms with E-state index in [-0.39, 0.29) is 36.8 Å². The molecule has 2 fully saturated rings. The van der Waals surface area contributed by atoms with Gasteiger partial charge in [0.2, 0.25) is 0 Å². The molecule has 4 rings (SSSR count). The van der Waals surface area contributed by atoms with Gasteiger partial charge in [-0.15, -0.1) is 29.9 Å². The number of piperidine rings is 1. The summed E-state index contributed by atoms with van der Waals surface area (Å²) in [6, 6.07) is 10.5. The fourth-order valence-electron chi connectivity index (χ4n) is 4.32. The SMILES string of the molecule is Cc1c(C(=O)NC(CN2CCCC2)c2ccccc2)nnn1C1CCNCC1.Cl.Cl. The minimum atomic E-state index is -0.134. The van der Waals surface area contributed by atoms with Gasteiger partial charge in [0, 0.05) is 6.54 Å². The molecule has 0 spiro atoms. The summed E-state index contributed by atoms with van der Waals surface area (Å²) in [5.74, 6) is -0.134. The number of halogens is 2. The van der Waals surface area contributed by atoms with Crippen molar-refractivity contribution in [2.45, 2.75) is 44.7 Å². The fraction of sp³-hybridized carbons (Fsp3) is 0.571. The molecule has 2 aromatic rings. The molecule has 1 aromatic carbocycles. The molecule has 9 heteroatoms. The first-order valence-corrected chi connectivity index (χ1v) is 10.4. The largest absolute Gasteiger partial charge is 0.342 e. The predicted molar refractivity (Wildman–Crippen MR) is 123 cm³/mol. The number of benzene rings is 1. The summed E-state index contributed by atoms with van der Waals surface area (Å²) >= 11 is 0. The van der Waals surface area contributed by atoms with E-state index in [1.807, 2.05) is 29.8 Å². The van der Waals surface area contributed by atoms with E-state index in [9.17, 15) is 4.79 Å². The van der Waals surface area contributed by atoms with Gasteiger partial charge >= 0.3 is 0 Å². The molecule has 0 bridgehead atoms. The van der Waals surface area contributed by atoms with Gasteiger partial charge in [-0.3, -0.25) is 4.79 Å². The summed E-state index contributed by atoms with van der Waals surface area (Å²) in [4.78, 5) is 15.5. The molecule has 2 aliphatic heterocycles. The van der Waals surface area contributed by atoms with Crippen LogP contribution in [0.5, 0.6) is 0 Å². The van der Waals surface area contributed by atoms with E-state index in [0.29, 0.717) is 11.7 Å². The number of rotatable bonds is 6. The van der Waals surface area contributed by atoms with Crippen molar-refractivity contribution in [2.24, 2.45) is 0 Å². The highest BCUT2D eigenvalue weighted by Crippen LogP contribution is 2.22. The van der Waals surface area contributed by atoms with Crippen LogP contribution in [0.15, 0.2) is 30.3 Å². The van der Waals surface area contributed by atoms with E-state index in [1.54, 1.807) is 0 Å². The van der Waals surface area contributed by atoms with Crippen molar-refractivity contribution >= 4 is 30.7 Å². The maximum absolute atomic E-state index is 13.1. The Kier molecular flexibility index (Phi) is 9.55. The first-order chi connectivity index (χ1) is 13.7. The molecule has 0 radical (unpaired) electrons. The van der Waals surface area contributed by atoms with Crippen molar-refractivity contribution < 1.29 is 4.79 Å². The first-order valence-electron chi connectivity index (χ1n) is 10.4. The Hall–Kier alpha value is -1.67. The average molecular weight is 455 g/mol. The molecule has 1 amide bonds. The second-order valence-corrected chi connectivity index (χ2v) is 7.89. The van der Waals surface area contributed by atoms with Crippen molar-refractivity contribution in [1.29, 1.82) is 0 Å². The van der Waals surface area contributed by atoms with Gasteiger partial charge in [0.15, 0.2) is 5.69 Å². The fourth-order valence-corrected chi connectivity index (χ4v) is 4.32. The van der Waals surface area contributed by atoms with E-state index in [1.165, 1.54) is 12.8 Å². The van der Waals surface area contributed by atoms with Crippen molar-refractivity contribution in [3.63, 3.8) is 0 Å². The Balaban J connectivity index is 0.00000160. The average Bonchev–Trinajstić information content (AvgIpc) is 3.38. The number of carbonyl (C=O) groups is 1. The Morgan fingerprint density at radius 2 is 1.83 bits per heavy atom. The maximum Gasteiger partial charge on any atom is 0.274 e. The van der Waals surface area contributed by atoms with Gasteiger partial charge in [-0.1, -0.05) is 35.5 Å². The number of carbonyl (C=O) groups excluding carboxylic acids is 1. The van der Waals surface area contributed by atoms with E-state index >= 15 is 0 Å². The first kappa shape index (κ1) is 24.6. The molecule has 2 saturated heterocycles. The van der Waals surface area contributed by atoms with Gasteiger partial charge in [0.05, 0.1) is 17.8 Å². The molecule has 3 heterocycles. The number of aromatic nitrogens is 3. The van der Waals surface area contributed by atoms with E-state index in [4.69, 9.17) is 0 Å². The monoisotopic (exact) mass is 454 g/mol. The van der Waals surface area contributed by atoms with Crippen molar-refractivity contribution in [2.75, 3.05) is 32.7 Å². The third kappa shape index (κ3) is 5.72. The van der Waals surface area contributed by atoms with Crippen LogP contribution in [0.25, 0.3) is 0 Å². The van der Waals surface area contributed by atoms with Crippen LogP contribution >= 0.6 is 24.8 Å². The molecule has 0 aliphatic carbocycles. The smallest absolute Gasteiger partial charge is 0.274 e. The van der Waals surface area contributed by atoms with E-state index in [0.717, 1.165) is 56.8 Å². The lowest BCUT2D eigenvalue weighted by Gasteiger charge is -2.25. The molecule has 7 nitrogen and oxygen atoms in total. The molecule has 0 saturated carbocycles. The van der Waals surface area contributed by atoms with Crippen molar-refractivity contribution in [1.82, 2.24) is 30.5 Å². The normalized spacial score (nSPS) is 18.3. The van der Waals surface area contributed by atoms with Crippen LogP contribution in [0.3, 0.4) is 0 Å². The van der Waals surface area contributed by atoms with Gasteiger partial charge in [-0.2, -0.15) is 0 Å². The number of nitrogens with one attached hydrogen (secondary N) is 2. The highest BCUT2D eigenvalue weighted by atomic mass is 35.5. The van der Waals surface area contributed by atoms with Crippen LogP contribution in [0.4, 0.5) is 0 Å². The molecule has 1 unspecified atom stereocenters. The summed E-state index contributed by atoms with van der Waals surface area (Å²) in [6.07, 6.45) is 4.51. The number of hydrogen-bond acceptors (Lipinski definition) is 5. The number of nitrogens with zero attached hydrogens (tertiary/aromatic N) is 4. The zero-order valence-electron chi connectivity index (χ0n) is 17.4. The Bertz CT molecular complexity index is 788. The number of likely N-dealkylation sites (tertiary alicyclic amines) is 1. The topological polar surface area (TPSA) is 75.1 Å². The predicted octanol–water partition coefficient (Wildman–Crippen LogP) is 2.92. The van der Waals surface area contributed by atoms with Crippen LogP contribution in [0, 0.1) is 6.92 Å². The summed E-state index contributed by atoms with van der Waals surface area (Å²) in [6.45, 7) is 6.95. The number of hydrogen-bond donors (Lipinski definition) is 2. The molecular formula is C21H32Cl2N6O. The number of amides is 1. The van der Waals surface area contributed by atoms with Gasteiger partial charge in [0.25, 0.3) is 5.91 Å². The zero-order valence-corrected chi connectivity index (χ0v) is 19.1. The van der Waals surface area contributed by atoms with E-state index in [2.05, 4.69) is 38.0 Å². The highest BCUT2D eigenvalue weighted by molar-refractivity contribution is 5.93. The van der Waals surface area contributed by atoms with Crippen LogP contribution in [0.1, 0.15) is 59.5 Å². The summed E-state index contributed by atoms with van der Waals surface area (Å²) in [7, 11) is 0. The minimum Gasteiger partial charge on any atom is -0.342 e. The highest BCUT2D eigenvalue weighted by Gasteiger charge is 2.26. The third-order valence-corrected chi connectivity index (χ3v) is 5.94. The lowest BCUT2D eigenvalue weighted by atomic mass is 10.1. The third-order valence-electron chi connectivity index (χ3n) is 5.94. The molecule has 1 aromatic heterocycles. The molecule has 1 atom stereocenters. The quantitative estimate of drug-likeness (QED) is 0.701. The van der Waals surface area contributed by atoms with Crippen LogP contribution in [-0.4, -0.2) is 58.5 Å². The van der Waals surface area contributed by atoms with Gasteiger partial charge in [-0.25, -0.2) is 4.68 Å². The van der Waals surface area contributed by atoms with Gasteiger partial charge < -0.3 is 15.5 Å². The Morgan fingerprint density at radius 3 is 2.50 bits per heavy atom. The molecule has 2 N–H and O–H groups in total. The van der Waals surface area contributed by atoms with Crippen LogP contribution in [-0.2, 0) is 0 Å². The second kappa shape index (κ2) is 11.6. The summed E-state index contributed by atoms with van der Waals surface area (Å²) < 4.78 is 1.94. The van der Waals surface area contributed by atoms with Crippen LogP contribution in [0.2, 0.25) is 0 Å². The second-order valence-electron chi connectivity index (χ2n) is 7.89. The van der Waals surface area contributed by atoms with Crippen molar-refractivity contribution in [3.8, 4) is 0 Å². The Labute approximate surface area is 190 Å². The van der Waals surface area contributed by atoms with E-state index < -0.39 is 0 Å². The van der Waals surface area contributed by atoms with Crippen LogP contribution < -0.4 is 10.6 Å². The molecule has 30 heavy (non-hydrogen) atoms. The molecule has 2 aliphatic rings. The lowest BCUT2D eigenvalue weighted by Crippen LogP contribution is -2.37. The molecule has 166 valence electrons.